The van der Waals surface area contributed by atoms with Gasteiger partial charge in [0.1, 0.15) is 0 Å². The van der Waals surface area contributed by atoms with E-state index in [0.717, 1.165) is 70.6 Å². The first-order valence-electron chi connectivity index (χ1n) is 36.0. The summed E-state index contributed by atoms with van der Waals surface area (Å²) in [7, 11) is 0. The number of hydrogen-bond acceptors (Lipinski definition) is 3. The zero-order valence-corrected chi connectivity index (χ0v) is 54.3. The summed E-state index contributed by atoms with van der Waals surface area (Å²) in [5.41, 5.74) is 0. The monoisotopic (exact) mass is 1130 g/mol. The molecule has 0 aromatic heterocycles. The van der Waals surface area contributed by atoms with Gasteiger partial charge in [-0.3, -0.25) is 4.79 Å². The van der Waals surface area contributed by atoms with Crippen LogP contribution in [0.4, 0.5) is 0 Å². The number of unbranched alkanes of at least 4 members (excludes halogenated alkanes) is 45. The lowest BCUT2D eigenvalue weighted by Crippen LogP contribution is -2.45. The third-order valence-corrected chi connectivity index (χ3v) is 16.3. The number of rotatable bonds is 66. The normalized spacial score (nSPS) is 13.3. The van der Waals surface area contributed by atoms with Crippen molar-refractivity contribution in [3.05, 3.63) is 97.2 Å². The van der Waals surface area contributed by atoms with Crippen molar-refractivity contribution in [3.8, 4) is 0 Å². The van der Waals surface area contributed by atoms with Crippen molar-refractivity contribution < 1.29 is 15.0 Å². The highest BCUT2D eigenvalue weighted by Gasteiger charge is 2.18. The van der Waals surface area contributed by atoms with Gasteiger partial charge in [0.2, 0.25) is 5.91 Å². The van der Waals surface area contributed by atoms with Crippen molar-refractivity contribution in [1.29, 1.82) is 0 Å². The van der Waals surface area contributed by atoms with Crippen molar-refractivity contribution in [1.82, 2.24) is 5.32 Å². The van der Waals surface area contributed by atoms with Crippen LogP contribution in [0.3, 0.4) is 0 Å². The topological polar surface area (TPSA) is 69.6 Å². The summed E-state index contributed by atoms with van der Waals surface area (Å²) in [5, 5.41) is 23.3. The molecule has 3 N–H and O–H groups in total. The number of amides is 1. The molecule has 0 aliphatic rings. The highest BCUT2D eigenvalue weighted by Crippen LogP contribution is 2.18. The number of allylic oxidation sites excluding steroid dienone is 15. The van der Waals surface area contributed by atoms with Crippen LogP contribution in [0, 0.1) is 0 Å². The van der Waals surface area contributed by atoms with Crippen LogP contribution in [0.1, 0.15) is 367 Å². The number of carbonyl (C=O) groups is 1. The van der Waals surface area contributed by atoms with Gasteiger partial charge in [0.05, 0.1) is 18.8 Å². The van der Waals surface area contributed by atoms with Gasteiger partial charge in [-0.2, -0.15) is 0 Å². The van der Waals surface area contributed by atoms with Crippen LogP contribution in [0.25, 0.3) is 0 Å². The molecule has 0 heterocycles. The lowest BCUT2D eigenvalue weighted by atomic mass is 10.0. The molecular formula is C77H139NO3. The van der Waals surface area contributed by atoms with Crippen molar-refractivity contribution in [2.24, 2.45) is 0 Å². The molecule has 2 atom stereocenters. The molecule has 0 radical (unpaired) electrons. The summed E-state index contributed by atoms with van der Waals surface area (Å²) in [6.45, 7) is 4.21. The number of hydrogen-bond donors (Lipinski definition) is 3. The van der Waals surface area contributed by atoms with Gasteiger partial charge in [0, 0.05) is 6.42 Å². The summed E-state index contributed by atoms with van der Waals surface area (Å²) in [5.74, 6) is -0.0740. The van der Waals surface area contributed by atoms with Gasteiger partial charge >= 0.3 is 0 Å². The molecule has 0 bridgehead atoms. The highest BCUT2D eigenvalue weighted by atomic mass is 16.3. The smallest absolute Gasteiger partial charge is 0.220 e. The first-order chi connectivity index (χ1) is 40.2. The Bertz CT molecular complexity index is 1470. The molecule has 0 saturated heterocycles. The minimum atomic E-state index is -0.875. The Balaban J connectivity index is 3.49. The van der Waals surface area contributed by atoms with Gasteiger partial charge in [-0.25, -0.2) is 0 Å². The van der Waals surface area contributed by atoms with E-state index in [0.29, 0.717) is 6.42 Å². The van der Waals surface area contributed by atoms with Crippen molar-refractivity contribution in [2.75, 3.05) is 6.61 Å². The van der Waals surface area contributed by atoms with E-state index in [1.165, 1.54) is 276 Å². The Kier molecular flexibility index (Phi) is 69.2. The molecule has 0 aromatic carbocycles. The van der Waals surface area contributed by atoms with Gasteiger partial charge in [0.25, 0.3) is 0 Å². The van der Waals surface area contributed by atoms with Crippen LogP contribution >= 0.6 is 0 Å². The van der Waals surface area contributed by atoms with Crippen molar-refractivity contribution in [3.63, 3.8) is 0 Å². The second kappa shape index (κ2) is 71.6. The van der Waals surface area contributed by atoms with Crippen LogP contribution in [-0.2, 0) is 4.79 Å². The lowest BCUT2D eigenvalue weighted by molar-refractivity contribution is -0.123. The molecule has 4 nitrogen and oxygen atoms in total. The zero-order chi connectivity index (χ0) is 58.4. The van der Waals surface area contributed by atoms with E-state index in [2.05, 4.69) is 104 Å². The fourth-order valence-corrected chi connectivity index (χ4v) is 10.9. The second-order valence-corrected chi connectivity index (χ2v) is 24.3. The van der Waals surface area contributed by atoms with Crippen LogP contribution in [-0.4, -0.2) is 34.9 Å². The number of aliphatic hydroxyl groups excluding tert-OH is 2. The molecule has 0 aromatic rings. The van der Waals surface area contributed by atoms with Crippen LogP contribution in [0.5, 0.6) is 0 Å². The standard InChI is InChI=1S/C77H139NO3/c1-3-5-7-9-11-13-15-17-19-21-23-25-27-29-31-33-35-37-38-39-40-41-43-45-47-49-51-53-55-57-59-61-63-65-67-69-71-73-77(81)78-75(74-79)76(80)72-70-68-66-64-62-60-58-56-54-52-50-48-46-44-42-36-34-32-30-28-26-24-22-20-18-16-14-12-10-8-6-4-2/h5,7,11,13,17,19,23,25,29,31,54,56,62,64,70,72,75-76,79-80H,3-4,6,8-10,12,14-16,18,20-22,24,26-28,30,32-53,55,57-61,63,65-69,71,73-74H2,1-2H3,(H,78,81)/b7-5-,13-11-,19-17-,25-23-,31-29-,56-54+,64-62+,72-70+. The van der Waals surface area contributed by atoms with Crippen LogP contribution < -0.4 is 5.32 Å². The zero-order valence-electron chi connectivity index (χ0n) is 54.3. The molecule has 81 heavy (non-hydrogen) atoms. The van der Waals surface area contributed by atoms with E-state index in [4.69, 9.17) is 0 Å². The Morgan fingerprint density at radius 2 is 0.556 bits per heavy atom. The largest absolute Gasteiger partial charge is 0.394 e. The molecule has 0 rings (SSSR count). The first kappa shape index (κ1) is 78.3. The van der Waals surface area contributed by atoms with E-state index in [-0.39, 0.29) is 12.5 Å². The van der Waals surface area contributed by atoms with Gasteiger partial charge in [-0.15, -0.1) is 0 Å². The molecular weight excluding hydrogens is 987 g/mol. The number of aliphatic hydroxyl groups is 2. The summed E-state index contributed by atoms with van der Waals surface area (Å²) < 4.78 is 0. The Hall–Kier alpha value is -2.69. The van der Waals surface area contributed by atoms with E-state index in [1.54, 1.807) is 6.08 Å². The average molecular weight is 1130 g/mol. The predicted molar refractivity (Wildman–Crippen MR) is 363 cm³/mol. The van der Waals surface area contributed by atoms with Crippen molar-refractivity contribution >= 4 is 5.91 Å². The van der Waals surface area contributed by atoms with Crippen molar-refractivity contribution in [2.45, 2.75) is 379 Å². The highest BCUT2D eigenvalue weighted by molar-refractivity contribution is 5.76. The summed E-state index contributed by atoms with van der Waals surface area (Å²) in [6, 6.07) is -0.651. The number of carbonyl (C=O) groups excluding carboxylic acids is 1. The summed E-state index contributed by atoms with van der Waals surface area (Å²) in [4.78, 5) is 12.5. The van der Waals surface area contributed by atoms with Crippen LogP contribution in [0.15, 0.2) is 97.2 Å². The molecule has 0 aliphatic heterocycles. The fourth-order valence-electron chi connectivity index (χ4n) is 10.9. The lowest BCUT2D eigenvalue weighted by Gasteiger charge is -2.19. The van der Waals surface area contributed by atoms with Gasteiger partial charge in [0.15, 0.2) is 0 Å². The van der Waals surface area contributed by atoms with E-state index < -0.39 is 12.1 Å². The fraction of sp³-hybridized carbons (Fsp3) is 0.779. The first-order valence-corrected chi connectivity index (χ1v) is 36.0. The SMILES string of the molecule is CC/C=C\C/C=C\C/C=C\C/C=C\C/C=C\CCCCCCCCCCCCCCCCCCCCCCCC(=O)NC(CO)C(O)/C=C/CC/C=C/CC/C=C/CCCCCCCCCCCCCCCCCCCCCCCC. The number of nitrogens with one attached hydrogen (secondary N) is 1. The predicted octanol–water partition coefficient (Wildman–Crippen LogP) is 24.8. The molecule has 0 saturated carbocycles. The van der Waals surface area contributed by atoms with Gasteiger partial charge in [-0.05, 0) is 89.9 Å². The Morgan fingerprint density at radius 1 is 0.309 bits per heavy atom. The second-order valence-electron chi connectivity index (χ2n) is 24.3. The molecule has 470 valence electrons. The Labute approximate surface area is 506 Å². The molecule has 2 unspecified atom stereocenters. The summed E-state index contributed by atoms with van der Waals surface area (Å²) >= 11 is 0. The maximum Gasteiger partial charge on any atom is 0.220 e. The van der Waals surface area contributed by atoms with Gasteiger partial charge in [-0.1, -0.05) is 368 Å². The maximum absolute atomic E-state index is 12.5. The van der Waals surface area contributed by atoms with Crippen LogP contribution in [0.2, 0.25) is 0 Å². The summed E-state index contributed by atoms with van der Waals surface area (Å²) in [6.07, 6.45) is 107. The third-order valence-electron chi connectivity index (χ3n) is 16.3. The van der Waals surface area contributed by atoms with E-state index >= 15 is 0 Å². The van der Waals surface area contributed by atoms with E-state index in [1.807, 2.05) is 6.08 Å². The molecule has 0 spiro atoms. The minimum absolute atomic E-state index is 0.0740. The van der Waals surface area contributed by atoms with Gasteiger partial charge < -0.3 is 15.5 Å². The molecule has 1 amide bonds. The molecule has 0 fully saturated rings. The molecule has 4 heteroatoms. The quantitative estimate of drug-likeness (QED) is 0.0420. The minimum Gasteiger partial charge on any atom is -0.394 e. The average Bonchev–Trinajstić information content (AvgIpc) is 3.47. The Morgan fingerprint density at radius 3 is 0.864 bits per heavy atom. The maximum atomic E-state index is 12.5. The van der Waals surface area contributed by atoms with E-state index in [9.17, 15) is 15.0 Å². The third kappa shape index (κ3) is 68.0. The molecule has 0 aliphatic carbocycles.